The third-order valence-electron chi connectivity index (χ3n) is 3.86. The molecule has 1 aromatic heterocycles. The molecule has 1 fully saturated rings. The monoisotopic (exact) mass is 333 g/mol. The fraction of sp³-hybridized carbons (Fsp3) is 0.312. The SMILES string of the molecule is C=CC1(OC(=O)c2c(Cl)nnn2[C@H](C)c2ccccc2)COC1. The second-order valence-corrected chi connectivity index (χ2v) is 5.77. The molecular formula is C16H16ClN3O3. The van der Waals surface area contributed by atoms with Crippen molar-refractivity contribution in [2.24, 2.45) is 0 Å². The first-order valence-corrected chi connectivity index (χ1v) is 7.54. The molecule has 2 aromatic rings. The molecule has 0 spiro atoms. The lowest BCUT2D eigenvalue weighted by Gasteiger charge is -2.37. The summed E-state index contributed by atoms with van der Waals surface area (Å²) in [5, 5.41) is 7.81. The van der Waals surface area contributed by atoms with Crippen LogP contribution in [0.3, 0.4) is 0 Å². The number of carbonyl (C=O) groups is 1. The van der Waals surface area contributed by atoms with Crippen molar-refractivity contribution in [1.29, 1.82) is 0 Å². The Balaban J connectivity index is 1.89. The Bertz CT molecular complexity index is 725. The predicted molar refractivity (Wildman–Crippen MR) is 84.4 cm³/mol. The predicted octanol–water partition coefficient (Wildman–Crippen LogP) is 2.65. The highest BCUT2D eigenvalue weighted by molar-refractivity contribution is 6.32. The molecule has 6 nitrogen and oxygen atoms in total. The number of hydrogen-bond donors (Lipinski definition) is 0. The average Bonchev–Trinajstić information content (AvgIpc) is 2.92. The van der Waals surface area contributed by atoms with Crippen LogP contribution in [0.2, 0.25) is 5.15 Å². The van der Waals surface area contributed by atoms with Gasteiger partial charge < -0.3 is 9.47 Å². The number of ether oxygens (including phenoxy) is 2. The van der Waals surface area contributed by atoms with E-state index in [1.165, 1.54) is 4.68 Å². The molecule has 1 aromatic carbocycles. The van der Waals surface area contributed by atoms with E-state index in [0.29, 0.717) is 0 Å². The van der Waals surface area contributed by atoms with E-state index in [9.17, 15) is 4.79 Å². The van der Waals surface area contributed by atoms with Gasteiger partial charge in [-0.3, -0.25) is 0 Å². The molecule has 0 bridgehead atoms. The minimum Gasteiger partial charge on any atom is -0.445 e. The van der Waals surface area contributed by atoms with E-state index >= 15 is 0 Å². The van der Waals surface area contributed by atoms with Crippen LogP contribution in [-0.2, 0) is 9.47 Å². The zero-order chi connectivity index (χ0) is 16.4. The zero-order valence-corrected chi connectivity index (χ0v) is 13.4. The first-order valence-electron chi connectivity index (χ1n) is 7.16. The molecule has 1 aliphatic heterocycles. The highest BCUT2D eigenvalue weighted by atomic mass is 35.5. The number of hydrogen-bond acceptors (Lipinski definition) is 5. The molecular weight excluding hydrogens is 318 g/mol. The van der Waals surface area contributed by atoms with Gasteiger partial charge in [0.1, 0.15) is 0 Å². The Kier molecular flexibility index (Phi) is 4.19. The van der Waals surface area contributed by atoms with Crippen molar-refractivity contribution >= 4 is 17.6 Å². The minimum atomic E-state index is -0.800. The maximum absolute atomic E-state index is 12.5. The first kappa shape index (κ1) is 15.7. The van der Waals surface area contributed by atoms with Gasteiger partial charge in [-0.25, -0.2) is 9.48 Å². The number of halogens is 1. The lowest BCUT2D eigenvalue weighted by atomic mass is 10.0. The van der Waals surface area contributed by atoms with Crippen LogP contribution >= 0.6 is 11.6 Å². The van der Waals surface area contributed by atoms with E-state index in [2.05, 4.69) is 16.9 Å². The number of rotatable bonds is 5. The van der Waals surface area contributed by atoms with E-state index in [4.69, 9.17) is 21.1 Å². The van der Waals surface area contributed by atoms with Crippen LogP contribution in [0.1, 0.15) is 29.0 Å². The molecule has 3 rings (SSSR count). The maximum Gasteiger partial charge on any atom is 0.360 e. The summed E-state index contributed by atoms with van der Waals surface area (Å²) < 4.78 is 12.1. The Labute approximate surface area is 138 Å². The van der Waals surface area contributed by atoms with Crippen LogP contribution < -0.4 is 0 Å². The van der Waals surface area contributed by atoms with Crippen molar-refractivity contribution in [1.82, 2.24) is 15.0 Å². The van der Waals surface area contributed by atoms with Crippen molar-refractivity contribution in [3.05, 3.63) is 59.4 Å². The van der Waals surface area contributed by atoms with Gasteiger partial charge in [0, 0.05) is 0 Å². The molecule has 0 unspecified atom stereocenters. The summed E-state index contributed by atoms with van der Waals surface area (Å²) in [5.74, 6) is -0.592. The summed E-state index contributed by atoms with van der Waals surface area (Å²) in [4.78, 5) is 12.5. The molecule has 23 heavy (non-hydrogen) atoms. The van der Waals surface area contributed by atoms with Gasteiger partial charge in [0.05, 0.1) is 19.3 Å². The van der Waals surface area contributed by atoms with E-state index in [1.807, 2.05) is 37.3 Å². The summed E-state index contributed by atoms with van der Waals surface area (Å²) in [6.07, 6.45) is 1.57. The maximum atomic E-state index is 12.5. The van der Waals surface area contributed by atoms with Crippen molar-refractivity contribution < 1.29 is 14.3 Å². The quantitative estimate of drug-likeness (QED) is 0.621. The summed E-state index contributed by atoms with van der Waals surface area (Å²) in [6, 6.07) is 9.43. The van der Waals surface area contributed by atoms with Crippen LogP contribution in [0.25, 0.3) is 0 Å². The van der Waals surface area contributed by atoms with Crippen molar-refractivity contribution in [3.8, 4) is 0 Å². The summed E-state index contributed by atoms with van der Waals surface area (Å²) in [6.45, 7) is 6.17. The minimum absolute atomic E-state index is 0.0113. The fourth-order valence-electron chi connectivity index (χ4n) is 2.35. The number of benzene rings is 1. The van der Waals surface area contributed by atoms with Crippen LogP contribution in [0.15, 0.2) is 43.0 Å². The van der Waals surface area contributed by atoms with Crippen LogP contribution in [0.5, 0.6) is 0 Å². The van der Waals surface area contributed by atoms with Gasteiger partial charge in [0.15, 0.2) is 16.4 Å². The topological polar surface area (TPSA) is 66.2 Å². The average molecular weight is 334 g/mol. The fourth-order valence-corrected chi connectivity index (χ4v) is 2.55. The first-order chi connectivity index (χ1) is 11.1. The van der Waals surface area contributed by atoms with Gasteiger partial charge in [-0.1, -0.05) is 53.7 Å². The number of carbonyl (C=O) groups excluding carboxylic acids is 1. The van der Waals surface area contributed by atoms with Crippen molar-refractivity contribution in [2.45, 2.75) is 18.6 Å². The highest BCUT2D eigenvalue weighted by Crippen LogP contribution is 2.28. The number of nitrogens with zero attached hydrogens (tertiary/aromatic N) is 3. The molecule has 7 heteroatoms. The lowest BCUT2D eigenvalue weighted by Crippen LogP contribution is -2.51. The Morgan fingerprint density at radius 2 is 2.17 bits per heavy atom. The Morgan fingerprint density at radius 1 is 1.48 bits per heavy atom. The van der Waals surface area contributed by atoms with Gasteiger partial charge in [0.2, 0.25) is 0 Å². The summed E-state index contributed by atoms with van der Waals surface area (Å²) in [7, 11) is 0. The van der Waals surface area contributed by atoms with Crippen LogP contribution in [-0.4, -0.2) is 39.8 Å². The molecule has 0 N–H and O–H groups in total. The Hall–Kier alpha value is -2.18. The molecule has 2 heterocycles. The van der Waals surface area contributed by atoms with Crippen molar-refractivity contribution in [2.75, 3.05) is 13.2 Å². The molecule has 120 valence electrons. The third kappa shape index (κ3) is 2.87. The van der Waals surface area contributed by atoms with Gasteiger partial charge in [-0.2, -0.15) is 0 Å². The van der Waals surface area contributed by atoms with E-state index in [-0.39, 0.29) is 30.1 Å². The highest BCUT2D eigenvalue weighted by Gasteiger charge is 2.41. The van der Waals surface area contributed by atoms with Gasteiger partial charge >= 0.3 is 5.97 Å². The van der Waals surface area contributed by atoms with Crippen LogP contribution in [0.4, 0.5) is 0 Å². The summed E-state index contributed by atoms with van der Waals surface area (Å²) >= 11 is 6.05. The largest absolute Gasteiger partial charge is 0.445 e. The number of esters is 1. The smallest absolute Gasteiger partial charge is 0.360 e. The molecule has 1 atom stereocenters. The van der Waals surface area contributed by atoms with Gasteiger partial charge in [-0.15, -0.1) is 5.10 Å². The van der Waals surface area contributed by atoms with Crippen LogP contribution in [0, 0.1) is 0 Å². The molecule has 0 saturated carbocycles. The van der Waals surface area contributed by atoms with Gasteiger partial charge in [0.25, 0.3) is 0 Å². The van der Waals surface area contributed by atoms with E-state index < -0.39 is 11.6 Å². The standard InChI is InChI=1S/C16H16ClN3O3/c1-3-16(9-22-10-16)23-15(21)13-14(17)18-19-20(13)11(2)12-7-5-4-6-8-12/h3-8,11H,1,9-10H2,2H3/t11-/m1/s1. The second kappa shape index (κ2) is 6.14. The molecule has 0 aliphatic carbocycles. The lowest BCUT2D eigenvalue weighted by molar-refractivity contribution is -0.152. The van der Waals surface area contributed by atoms with Gasteiger partial charge in [-0.05, 0) is 18.6 Å². The molecule has 1 aliphatic rings. The third-order valence-corrected chi connectivity index (χ3v) is 4.11. The van der Waals surface area contributed by atoms with Crippen molar-refractivity contribution in [3.63, 3.8) is 0 Å². The Morgan fingerprint density at radius 3 is 2.74 bits per heavy atom. The van der Waals surface area contributed by atoms with E-state index in [0.717, 1.165) is 5.56 Å². The molecule has 0 radical (unpaired) electrons. The molecule has 1 saturated heterocycles. The molecule has 0 amide bonds. The van der Waals surface area contributed by atoms with E-state index in [1.54, 1.807) is 6.08 Å². The number of aromatic nitrogens is 3. The summed E-state index contributed by atoms with van der Waals surface area (Å²) in [5.41, 5.74) is 0.301. The second-order valence-electron chi connectivity index (χ2n) is 5.41. The normalized spacial score (nSPS) is 17.1. The zero-order valence-electron chi connectivity index (χ0n) is 12.6.